The van der Waals surface area contributed by atoms with Gasteiger partial charge < -0.3 is 15.0 Å². The summed E-state index contributed by atoms with van der Waals surface area (Å²) in [6.07, 6.45) is 3.71. The van der Waals surface area contributed by atoms with Gasteiger partial charge in [0.15, 0.2) is 0 Å². The number of hydrogen-bond acceptors (Lipinski definition) is 3. The van der Waals surface area contributed by atoms with Crippen LogP contribution in [-0.2, 0) is 9.59 Å². The first-order chi connectivity index (χ1) is 12.5. The van der Waals surface area contributed by atoms with Gasteiger partial charge in [0.1, 0.15) is 11.6 Å². The summed E-state index contributed by atoms with van der Waals surface area (Å²) in [6.45, 7) is 6.97. The van der Waals surface area contributed by atoms with Crippen LogP contribution in [0.4, 0.5) is 4.39 Å². The molecule has 0 aromatic heterocycles. The largest absolute Gasteiger partial charge is 0.493 e. The Hall–Kier alpha value is -2.37. The number of ether oxygens (including phenoxy) is 1. The van der Waals surface area contributed by atoms with Gasteiger partial charge in [0.2, 0.25) is 11.8 Å². The van der Waals surface area contributed by atoms with Crippen molar-refractivity contribution in [2.24, 2.45) is 11.8 Å². The second kappa shape index (κ2) is 7.89. The van der Waals surface area contributed by atoms with Gasteiger partial charge in [-0.25, -0.2) is 4.39 Å². The van der Waals surface area contributed by atoms with Crippen molar-refractivity contribution in [2.45, 2.75) is 32.2 Å². The number of carbonyl (C=O) groups excluding carboxylic acids is 2. The highest BCUT2D eigenvalue weighted by Gasteiger charge is 2.35. The van der Waals surface area contributed by atoms with Crippen LogP contribution in [0.25, 0.3) is 0 Å². The van der Waals surface area contributed by atoms with Gasteiger partial charge in [0, 0.05) is 25.2 Å². The number of aryl methyl sites for hydroxylation is 1. The molecular weight excluding hydrogens is 335 g/mol. The highest BCUT2D eigenvalue weighted by Crippen LogP contribution is 2.30. The third-order valence-electron chi connectivity index (χ3n) is 5.25. The van der Waals surface area contributed by atoms with E-state index in [4.69, 9.17) is 4.74 Å². The summed E-state index contributed by atoms with van der Waals surface area (Å²) in [6, 6.07) is 4.69. The minimum Gasteiger partial charge on any atom is -0.493 e. The van der Waals surface area contributed by atoms with Gasteiger partial charge in [0.05, 0.1) is 12.5 Å². The van der Waals surface area contributed by atoms with Crippen molar-refractivity contribution >= 4 is 11.8 Å². The molecule has 1 saturated carbocycles. The topological polar surface area (TPSA) is 58.6 Å². The fourth-order valence-electron chi connectivity index (χ4n) is 3.55. The van der Waals surface area contributed by atoms with Crippen molar-refractivity contribution in [3.63, 3.8) is 0 Å². The summed E-state index contributed by atoms with van der Waals surface area (Å²) in [5.41, 5.74) is 0.912. The zero-order chi connectivity index (χ0) is 18.7. The molecule has 1 aromatic rings. The van der Waals surface area contributed by atoms with E-state index in [1.54, 1.807) is 11.0 Å². The lowest BCUT2D eigenvalue weighted by Gasteiger charge is -2.36. The normalized spacial score (nSPS) is 24.7. The summed E-state index contributed by atoms with van der Waals surface area (Å²) in [5.74, 6) is 0.415. The lowest BCUT2D eigenvalue weighted by Crippen LogP contribution is -2.48. The highest BCUT2D eigenvalue weighted by molar-refractivity contribution is 5.88. The van der Waals surface area contributed by atoms with E-state index >= 15 is 0 Å². The van der Waals surface area contributed by atoms with Crippen LogP contribution in [-0.4, -0.2) is 42.5 Å². The van der Waals surface area contributed by atoms with Crippen LogP contribution in [0.2, 0.25) is 0 Å². The Morgan fingerprint density at radius 3 is 2.92 bits per heavy atom. The monoisotopic (exact) mass is 360 g/mol. The smallest absolute Gasteiger partial charge is 0.245 e. The molecule has 1 aliphatic carbocycles. The minimum atomic E-state index is -0.301. The predicted octanol–water partition coefficient (Wildman–Crippen LogP) is 2.44. The number of nitrogens with zero attached hydrogens (tertiary/aromatic N) is 1. The van der Waals surface area contributed by atoms with Crippen molar-refractivity contribution in [3.8, 4) is 5.75 Å². The fourth-order valence-corrected chi connectivity index (χ4v) is 3.55. The second-order valence-electron chi connectivity index (χ2n) is 7.24. The van der Waals surface area contributed by atoms with Crippen LogP contribution in [0.15, 0.2) is 30.9 Å². The molecule has 1 atom stereocenters. The van der Waals surface area contributed by atoms with E-state index in [-0.39, 0.29) is 29.6 Å². The Balaban J connectivity index is 1.38. The molecule has 0 bridgehead atoms. The Labute approximate surface area is 153 Å². The Kier molecular flexibility index (Phi) is 5.59. The van der Waals surface area contributed by atoms with E-state index in [0.29, 0.717) is 37.8 Å². The highest BCUT2D eigenvalue weighted by atomic mass is 19.1. The summed E-state index contributed by atoms with van der Waals surface area (Å²) in [5, 5.41) is 3.07. The van der Waals surface area contributed by atoms with Crippen LogP contribution in [0.1, 0.15) is 24.8 Å². The zero-order valence-corrected chi connectivity index (χ0v) is 15.0. The van der Waals surface area contributed by atoms with Crippen LogP contribution >= 0.6 is 0 Å². The number of amides is 2. The molecule has 1 aliphatic heterocycles. The van der Waals surface area contributed by atoms with Crippen molar-refractivity contribution in [3.05, 3.63) is 42.2 Å². The SMILES string of the molecule is C=CC(=O)N1CCC(C(=O)NC2CC(COc3cc(F)ccc3C)C2)C1. The molecule has 1 N–H and O–H groups in total. The molecule has 140 valence electrons. The van der Waals surface area contributed by atoms with E-state index in [2.05, 4.69) is 11.9 Å². The molecule has 0 radical (unpaired) electrons. The summed E-state index contributed by atoms with van der Waals surface area (Å²) in [7, 11) is 0. The van der Waals surface area contributed by atoms with Crippen LogP contribution in [0.3, 0.4) is 0 Å². The Bertz CT molecular complexity index is 700. The van der Waals surface area contributed by atoms with Crippen molar-refractivity contribution < 1.29 is 18.7 Å². The summed E-state index contributed by atoms with van der Waals surface area (Å²) < 4.78 is 19.0. The first-order valence-corrected chi connectivity index (χ1v) is 9.07. The molecule has 26 heavy (non-hydrogen) atoms. The average molecular weight is 360 g/mol. The molecule has 5 nitrogen and oxygen atoms in total. The van der Waals surface area contributed by atoms with Gasteiger partial charge in [-0.2, -0.15) is 0 Å². The zero-order valence-electron chi connectivity index (χ0n) is 15.0. The number of hydrogen-bond donors (Lipinski definition) is 1. The molecule has 1 heterocycles. The fraction of sp³-hybridized carbons (Fsp3) is 0.500. The van der Waals surface area contributed by atoms with E-state index in [0.717, 1.165) is 18.4 Å². The van der Waals surface area contributed by atoms with E-state index in [1.807, 2.05) is 6.92 Å². The van der Waals surface area contributed by atoms with Crippen LogP contribution in [0.5, 0.6) is 5.75 Å². The first kappa shape index (κ1) is 18.4. The maximum atomic E-state index is 13.3. The van der Waals surface area contributed by atoms with Gasteiger partial charge in [-0.05, 0) is 49.8 Å². The third kappa shape index (κ3) is 4.23. The van der Waals surface area contributed by atoms with Gasteiger partial charge in [0.25, 0.3) is 0 Å². The Morgan fingerprint density at radius 2 is 2.19 bits per heavy atom. The molecule has 0 spiro atoms. The standard InChI is InChI=1S/C20H25FN2O3/c1-3-19(24)23-7-6-15(11-23)20(25)22-17-8-14(9-17)12-26-18-10-16(21)5-4-13(18)2/h3-5,10,14-15,17H,1,6-9,11-12H2,2H3,(H,22,25). The number of benzene rings is 1. The third-order valence-corrected chi connectivity index (χ3v) is 5.25. The van der Waals surface area contributed by atoms with E-state index < -0.39 is 0 Å². The molecule has 1 aromatic carbocycles. The van der Waals surface area contributed by atoms with Crippen molar-refractivity contribution in [2.75, 3.05) is 19.7 Å². The minimum absolute atomic E-state index is 0.0229. The number of carbonyl (C=O) groups is 2. The molecular formula is C20H25FN2O3. The molecule has 3 rings (SSSR count). The maximum Gasteiger partial charge on any atom is 0.245 e. The van der Waals surface area contributed by atoms with Gasteiger partial charge in [-0.3, -0.25) is 9.59 Å². The molecule has 1 unspecified atom stereocenters. The average Bonchev–Trinajstić information content (AvgIpc) is 3.08. The first-order valence-electron chi connectivity index (χ1n) is 9.07. The summed E-state index contributed by atoms with van der Waals surface area (Å²) >= 11 is 0. The quantitative estimate of drug-likeness (QED) is 0.793. The van der Waals surface area contributed by atoms with E-state index in [9.17, 15) is 14.0 Å². The summed E-state index contributed by atoms with van der Waals surface area (Å²) in [4.78, 5) is 25.6. The molecule has 2 fully saturated rings. The lowest BCUT2D eigenvalue weighted by atomic mass is 9.80. The van der Waals surface area contributed by atoms with E-state index in [1.165, 1.54) is 18.2 Å². The molecule has 1 saturated heterocycles. The number of halogens is 1. The van der Waals surface area contributed by atoms with Gasteiger partial charge >= 0.3 is 0 Å². The number of nitrogens with one attached hydrogen (secondary N) is 1. The van der Waals surface area contributed by atoms with Crippen molar-refractivity contribution in [1.29, 1.82) is 0 Å². The lowest BCUT2D eigenvalue weighted by molar-refractivity contribution is -0.127. The molecule has 6 heteroatoms. The van der Waals surface area contributed by atoms with Crippen LogP contribution in [0, 0.1) is 24.6 Å². The predicted molar refractivity (Wildman–Crippen MR) is 96.2 cm³/mol. The number of rotatable bonds is 6. The van der Waals surface area contributed by atoms with Gasteiger partial charge in [-0.1, -0.05) is 12.6 Å². The second-order valence-corrected chi connectivity index (χ2v) is 7.24. The van der Waals surface area contributed by atoms with Crippen molar-refractivity contribution in [1.82, 2.24) is 10.2 Å². The Morgan fingerprint density at radius 1 is 1.42 bits per heavy atom. The number of likely N-dealkylation sites (tertiary alicyclic amines) is 1. The maximum absolute atomic E-state index is 13.3. The molecule has 2 amide bonds. The molecule has 2 aliphatic rings. The van der Waals surface area contributed by atoms with Crippen LogP contribution < -0.4 is 10.1 Å². The van der Waals surface area contributed by atoms with Gasteiger partial charge in [-0.15, -0.1) is 0 Å².